The van der Waals surface area contributed by atoms with Crippen molar-refractivity contribution >= 4 is 6.03 Å². The lowest BCUT2D eigenvalue weighted by Gasteiger charge is -2.39. The number of rotatable bonds is 3. The Morgan fingerprint density at radius 3 is 2.65 bits per heavy atom. The monoisotopic (exact) mass is 329 g/mol. The summed E-state index contributed by atoms with van der Waals surface area (Å²) in [6, 6.07) is -1.01. The molecule has 23 heavy (non-hydrogen) atoms. The van der Waals surface area contributed by atoms with E-state index < -0.39 is 23.1 Å². The van der Waals surface area contributed by atoms with Gasteiger partial charge >= 0.3 is 11.7 Å². The number of aromatic amines is 1. The molecule has 3 unspecified atom stereocenters. The molecule has 0 aromatic carbocycles. The molecule has 0 bridgehead atoms. The third kappa shape index (κ3) is 3.50. The van der Waals surface area contributed by atoms with Gasteiger partial charge in [0.2, 0.25) is 5.82 Å². The summed E-state index contributed by atoms with van der Waals surface area (Å²) in [5.41, 5.74) is -2.13. The van der Waals surface area contributed by atoms with Crippen LogP contribution in [0.2, 0.25) is 0 Å². The zero-order valence-corrected chi connectivity index (χ0v) is 13.2. The van der Waals surface area contributed by atoms with Crippen LogP contribution in [0.3, 0.4) is 0 Å². The number of methoxy groups -OCH3 is 2. The van der Waals surface area contributed by atoms with E-state index in [0.717, 1.165) is 6.42 Å². The van der Waals surface area contributed by atoms with Crippen LogP contribution in [0, 0.1) is 5.82 Å². The molecule has 0 radical (unpaired) electrons. The lowest BCUT2D eigenvalue weighted by molar-refractivity contribution is -0.0463. The van der Waals surface area contributed by atoms with Gasteiger partial charge in [0.1, 0.15) is 0 Å². The van der Waals surface area contributed by atoms with Crippen LogP contribution >= 0.6 is 0 Å². The first-order valence-corrected chi connectivity index (χ1v) is 7.23. The summed E-state index contributed by atoms with van der Waals surface area (Å²) >= 11 is 0. The number of hydrogen-bond acceptors (Lipinski definition) is 5. The zero-order valence-electron chi connectivity index (χ0n) is 13.2. The smallest absolute Gasteiger partial charge is 0.336 e. The highest BCUT2D eigenvalue weighted by Gasteiger charge is 2.35. The van der Waals surface area contributed by atoms with E-state index in [9.17, 15) is 18.8 Å². The van der Waals surface area contributed by atoms with Gasteiger partial charge in [-0.05, 0) is 12.8 Å². The molecule has 0 aliphatic heterocycles. The average Bonchev–Trinajstić information content (AvgIpc) is 2.56. The van der Waals surface area contributed by atoms with Crippen LogP contribution in [0.15, 0.2) is 15.8 Å². The molecule has 1 saturated carbocycles. The molecule has 8 nitrogen and oxygen atoms in total. The molecule has 3 atom stereocenters. The first kappa shape index (κ1) is 17.4. The minimum atomic E-state index is -1.20. The maximum atomic E-state index is 13.3. The number of nitrogens with one attached hydrogen (secondary N) is 1. The lowest BCUT2D eigenvalue weighted by Crippen LogP contribution is -2.52. The molecule has 1 amide bonds. The third-order valence-corrected chi connectivity index (χ3v) is 4.25. The van der Waals surface area contributed by atoms with Gasteiger partial charge in [0.15, 0.2) is 0 Å². The fourth-order valence-electron chi connectivity index (χ4n) is 2.89. The Kier molecular flexibility index (Phi) is 5.32. The van der Waals surface area contributed by atoms with Gasteiger partial charge in [0.25, 0.3) is 5.56 Å². The zero-order chi connectivity index (χ0) is 17.1. The van der Waals surface area contributed by atoms with Crippen LogP contribution in [0.1, 0.15) is 19.3 Å². The summed E-state index contributed by atoms with van der Waals surface area (Å²) in [5.74, 6) is -1.20. The van der Waals surface area contributed by atoms with Crippen molar-refractivity contribution in [1.29, 1.82) is 0 Å². The number of carbonyl (C=O) groups is 1. The number of halogens is 1. The van der Waals surface area contributed by atoms with E-state index >= 15 is 0 Å². The van der Waals surface area contributed by atoms with Crippen LogP contribution in [-0.4, -0.2) is 60.0 Å². The standard InChI is InChI=1S/C14H20FN3O5/c1-17(10-5-4-8(22-2)6-11(10)23-3)14(21)18-7-9(15)12(19)16-13(18)20/h7-8,10-11H,4-6H2,1-3H3,(H,16,19,20). The number of ether oxygens (including phenoxy) is 2. The summed E-state index contributed by atoms with van der Waals surface area (Å²) in [6.07, 6.45) is 2.37. The SMILES string of the molecule is COC1CCC(N(C)C(=O)n2cc(F)c(=O)[nH]c2=O)C(OC)C1. The van der Waals surface area contributed by atoms with E-state index in [4.69, 9.17) is 9.47 Å². The number of hydrogen-bond donors (Lipinski definition) is 1. The molecule has 128 valence electrons. The molecular weight excluding hydrogens is 309 g/mol. The number of nitrogens with zero attached hydrogens (tertiary/aromatic N) is 2. The molecular formula is C14H20FN3O5. The second kappa shape index (κ2) is 7.05. The quantitative estimate of drug-likeness (QED) is 0.852. The summed E-state index contributed by atoms with van der Waals surface area (Å²) in [4.78, 5) is 38.3. The number of aromatic nitrogens is 2. The van der Waals surface area contributed by atoms with Gasteiger partial charge in [0, 0.05) is 27.7 Å². The minimum Gasteiger partial charge on any atom is -0.381 e. The van der Waals surface area contributed by atoms with E-state index in [1.54, 1.807) is 19.2 Å². The van der Waals surface area contributed by atoms with Crippen LogP contribution in [0.25, 0.3) is 0 Å². The molecule has 2 rings (SSSR count). The highest BCUT2D eigenvalue weighted by molar-refractivity contribution is 5.76. The normalized spacial score (nSPS) is 24.4. The maximum Gasteiger partial charge on any atom is 0.336 e. The van der Waals surface area contributed by atoms with Gasteiger partial charge in [-0.25, -0.2) is 14.2 Å². The first-order chi connectivity index (χ1) is 10.9. The van der Waals surface area contributed by atoms with Crippen molar-refractivity contribution < 1.29 is 18.7 Å². The summed E-state index contributed by atoms with van der Waals surface area (Å²) in [6.45, 7) is 0. The molecule has 1 fully saturated rings. The van der Waals surface area contributed by atoms with Gasteiger partial charge in [-0.3, -0.25) is 9.78 Å². The molecule has 1 aliphatic carbocycles. The Morgan fingerprint density at radius 1 is 1.35 bits per heavy atom. The first-order valence-electron chi connectivity index (χ1n) is 7.23. The Morgan fingerprint density at radius 2 is 2.04 bits per heavy atom. The predicted molar refractivity (Wildman–Crippen MR) is 79.1 cm³/mol. The molecule has 1 aromatic rings. The second-order valence-electron chi connectivity index (χ2n) is 5.51. The molecule has 1 heterocycles. The topological polar surface area (TPSA) is 93.6 Å². The van der Waals surface area contributed by atoms with Gasteiger partial charge in [0.05, 0.1) is 24.4 Å². The van der Waals surface area contributed by atoms with Gasteiger partial charge in [-0.15, -0.1) is 0 Å². The number of H-pyrrole nitrogens is 1. The fraction of sp³-hybridized carbons (Fsp3) is 0.643. The molecule has 1 N–H and O–H groups in total. The highest BCUT2D eigenvalue weighted by Crippen LogP contribution is 2.26. The molecule has 1 aliphatic rings. The summed E-state index contributed by atoms with van der Waals surface area (Å²) in [7, 11) is 4.68. The molecule has 0 saturated heterocycles. The van der Waals surface area contributed by atoms with Crippen molar-refractivity contribution in [2.45, 2.75) is 37.5 Å². The van der Waals surface area contributed by atoms with Crippen molar-refractivity contribution in [2.75, 3.05) is 21.3 Å². The summed E-state index contributed by atoms with van der Waals surface area (Å²) < 4.78 is 24.6. The second-order valence-corrected chi connectivity index (χ2v) is 5.51. The molecule has 9 heteroatoms. The minimum absolute atomic E-state index is 0.0490. The van der Waals surface area contributed by atoms with Crippen molar-refractivity contribution in [2.24, 2.45) is 0 Å². The van der Waals surface area contributed by atoms with Crippen molar-refractivity contribution in [3.8, 4) is 0 Å². The lowest BCUT2D eigenvalue weighted by atomic mass is 9.89. The van der Waals surface area contributed by atoms with E-state index in [1.165, 1.54) is 11.9 Å². The average molecular weight is 329 g/mol. The van der Waals surface area contributed by atoms with Crippen LogP contribution in [-0.2, 0) is 9.47 Å². The van der Waals surface area contributed by atoms with Crippen LogP contribution in [0.5, 0.6) is 0 Å². The number of likely N-dealkylation sites (N-methyl/N-ethyl adjacent to an activating group) is 1. The fourth-order valence-corrected chi connectivity index (χ4v) is 2.89. The van der Waals surface area contributed by atoms with Gasteiger partial charge in [-0.2, -0.15) is 4.39 Å². The molecule has 1 aromatic heterocycles. The Bertz CT molecular complexity index is 686. The van der Waals surface area contributed by atoms with E-state index in [2.05, 4.69) is 0 Å². The predicted octanol–water partition coefficient (Wildman–Crippen LogP) is 0.158. The largest absolute Gasteiger partial charge is 0.381 e. The van der Waals surface area contributed by atoms with E-state index in [1.807, 2.05) is 0 Å². The maximum absolute atomic E-state index is 13.3. The summed E-state index contributed by atoms with van der Waals surface area (Å²) in [5, 5.41) is 0. The van der Waals surface area contributed by atoms with E-state index in [-0.39, 0.29) is 18.2 Å². The number of amides is 1. The van der Waals surface area contributed by atoms with Crippen molar-refractivity contribution in [3.05, 3.63) is 32.9 Å². The van der Waals surface area contributed by atoms with E-state index in [0.29, 0.717) is 23.6 Å². The Hall–Kier alpha value is -2.00. The highest BCUT2D eigenvalue weighted by atomic mass is 19.1. The van der Waals surface area contributed by atoms with Crippen LogP contribution < -0.4 is 11.2 Å². The Balaban J connectivity index is 2.24. The van der Waals surface area contributed by atoms with Gasteiger partial charge in [-0.1, -0.05) is 0 Å². The van der Waals surface area contributed by atoms with Crippen molar-refractivity contribution in [1.82, 2.24) is 14.5 Å². The third-order valence-electron chi connectivity index (χ3n) is 4.25. The number of carbonyl (C=O) groups excluding carboxylic acids is 1. The van der Waals surface area contributed by atoms with Gasteiger partial charge < -0.3 is 14.4 Å². The Labute approximate surface area is 131 Å². The van der Waals surface area contributed by atoms with Crippen molar-refractivity contribution in [3.63, 3.8) is 0 Å². The van der Waals surface area contributed by atoms with Crippen LogP contribution in [0.4, 0.5) is 9.18 Å². The molecule has 0 spiro atoms.